The molecule has 0 amide bonds. The van der Waals surface area contributed by atoms with Gasteiger partial charge in [-0.15, -0.1) is 0 Å². The Bertz CT molecular complexity index is 443. The maximum atomic E-state index is 4.27. The minimum absolute atomic E-state index is 0.805. The summed E-state index contributed by atoms with van der Waals surface area (Å²) in [5, 5.41) is 1.32. The number of rotatable bonds is 1. The molecule has 0 saturated carbocycles. The van der Waals surface area contributed by atoms with Gasteiger partial charge in [0.05, 0.1) is 0 Å². The minimum Gasteiger partial charge on any atom is -0.358 e. The summed E-state index contributed by atoms with van der Waals surface area (Å²) in [4.78, 5) is 3.35. The first kappa shape index (κ1) is 8.70. The normalized spacial score (nSPS) is 11.0. The molecule has 0 radical (unpaired) electrons. The van der Waals surface area contributed by atoms with Crippen molar-refractivity contribution in [2.45, 2.75) is 19.6 Å². The van der Waals surface area contributed by atoms with Crippen LogP contribution in [0.1, 0.15) is 16.8 Å². The number of aryl methyl sites for hydroxylation is 2. The average molecular weight is 191 g/mol. The van der Waals surface area contributed by atoms with Gasteiger partial charge in [-0.3, -0.25) is 0 Å². The third kappa shape index (κ3) is 1.35. The van der Waals surface area contributed by atoms with Crippen molar-refractivity contribution in [1.82, 2.24) is 4.98 Å². The maximum Gasteiger partial charge on any atom is 0.0458 e. The Morgan fingerprint density at radius 3 is 2.77 bits per heavy atom. The summed E-state index contributed by atoms with van der Waals surface area (Å²) in [7, 11) is 0. The van der Waals surface area contributed by atoms with Gasteiger partial charge in [-0.1, -0.05) is 6.07 Å². The number of H-pyrrole nitrogens is 1. The van der Waals surface area contributed by atoms with Crippen LogP contribution in [-0.4, -0.2) is 4.98 Å². The van der Waals surface area contributed by atoms with Gasteiger partial charge in [0, 0.05) is 22.3 Å². The summed E-state index contributed by atoms with van der Waals surface area (Å²) >= 11 is 4.27. The molecule has 1 aromatic heterocycles. The van der Waals surface area contributed by atoms with Gasteiger partial charge < -0.3 is 4.98 Å². The number of nitrogens with one attached hydrogen (secondary N) is 1. The van der Waals surface area contributed by atoms with Crippen molar-refractivity contribution in [3.63, 3.8) is 0 Å². The molecule has 68 valence electrons. The summed E-state index contributed by atoms with van der Waals surface area (Å²) in [6, 6.07) is 6.45. The average Bonchev–Trinajstić information content (AvgIpc) is 2.43. The molecule has 0 aliphatic heterocycles. The lowest BCUT2D eigenvalue weighted by molar-refractivity contribution is 1.25. The molecule has 2 heteroatoms. The zero-order valence-electron chi connectivity index (χ0n) is 7.89. The molecule has 1 heterocycles. The molecule has 0 bridgehead atoms. The van der Waals surface area contributed by atoms with E-state index in [0.29, 0.717) is 0 Å². The number of benzene rings is 1. The summed E-state index contributed by atoms with van der Waals surface area (Å²) in [6.45, 7) is 4.26. The van der Waals surface area contributed by atoms with Crippen molar-refractivity contribution >= 4 is 23.5 Å². The van der Waals surface area contributed by atoms with E-state index in [1.807, 2.05) is 0 Å². The Balaban J connectivity index is 2.75. The Morgan fingerprint density at radius 1 is 1.31 bits per heavy atom. The van der Waals surface area contributed by atoms with E-state index in [0.717, 1.165) is 5.75 Å². The van der Waals surface area contributed by atoms with Crippen molar-refractivity contribution in [1.29, 1.82) is 0 Å². The number of thiol groups is 1. The first-order valence-electron chi connectivity index (χ1n) is 4.41. The number of hydrogen-bond donors (Lipinski definition) is 2. The molecule has 0 fully saturated rings. The summed E-state index contributed by atoms with van der Waals surface area (Å²) < 4.78 is 0. The van der Waals surface area contributed by atoms with Crippen molar-refractivity contribution in [2.75, 3.05) is 0 Å². The number of hydrogen-bond acceptors (Lipinski definition) is 1. The van der Waals surface area contributed by atoms with Gasteiger partial charge in [0.1, 0.15) is 0 Å². The van der Waals surface area contributed by atoms with E-state index in [1.54, 1.807) is 0 Å². The van der Waals surface area contributed by atoms with Gasteiger partial charge in [-0.25, -0.2) is 0 Å². The molecule has 0 spiro atoms. The lowest BCUT2D eigenvalue weighted by atomic mass is 10.1. The van der Waals surface area contributed by atoms with E-state index < -0.39 is 0 Å². The van der Waals surface area contributed by atoms with Crippen LogP contribution in [0.4, 0.5) is 0 Å². The van der Waals surface area contributed by atoms with Crippen LogP contribution in [0.3, 0.4) is 0 Å². The Labute approximate surface area is 83.6 Å². The van der Waals surface area contributed by atoms with Gasteiger partial charge in [-0.2, -0.15) is 12.6 Å². The highest BCUT2D eigenvalue weighted by molar-refractivity contribution is 7.79. The minimum atomic E-state index is 0.805. The fourth-order valence-electron chi connectivity index (χ4n) is 1.61. The largest absolute Gasteiger partial charge is 0.358 e. The predicted octanol–water partition coefficient (Wildman–Crippen LogP) is 3.21. The SMILES string of the molecule is Cc1[nH]c2ccc(CS)cc2c1C. The molecule has 0 unspecified atom stereocenters. The Hall–Kier alpha value is -0.890. The highest BCUT2D eigenvalue weighted by Crippen LogP contribution is 2.22. The molecule has 2 aromatic rings. The van der Waals surface area contributed by atoms with Gasteiger partial charge >= 0.3 is 0 Å². The highest BCUT2D eigenvalue weighted by Gasteiger charge is 2.03. The maximum absolute atomic E-state index is 4.27. The summed E-state index contributed by atoms with van der Waals surface area (Å²) in [5.41, 5.74) is 5.10. The second-order valence-corrected chi connectivity index (χ2v) is 3.73. The van der Waals surface area contributed by atoms with Crippen molar-refractivity contribution in [2.24, 2.45) is 0 Å². The van der Waals surface area contributed by atoms with Crippen molar-refractivity contribution < 1.29 is 0 Å². The number of aromatic amines is 1. The van der Waals surface area contributed by atoms with Crippen LogP contribution < -0.4 is 0 Å². The predicted molar refractivity (Wildman–Crippen MR) is 60.5 cm³/mol. The van der Waals surface area contributed by atoms with Crippen LogP contribution in [0.5, 0.6) is 0 Å². The smallest absolute Gasteiger partial charge is 0.0458 e. The van der Waals surface area contributed by atoms with Gasteiger partial charge in [0.25, 0.3) is 0 Å². The fourth-order valence-corrected chi connectivity index (χ4v) is 1.80. The van der Waals surface area contributed by atoms with Crippen molar-refractivity contribution in [3.05, 3.63) is 35.0 Å². The van der Waals surface area contributed by atoms with Crippen LogP contribution >= 0.6 is 12.6 Å². The summed E-state index contributed by atoms with van der Waals surface area (Å²) in [5.74, 6) is 0.805. The van der Waals surface area contributed by atoms with Crippen LogP contribution in [-0.2, 0) is 5.75 Å². The molecule has 1 N–H and O–H groups in total. The van der Waals surface area contributed by atoms with Crippen LogP contribution in [0, 0.1) is 13.8 Å². The van der Waals surface area contributed by atoms with E-state index in [1.165, 1.54) is 27.7 Å². The molecule has 1 aromatic carbocycles. The molecular formula is C11H13NS. The van der Waals surface area contributed by atoms with E-state index in [-0.39, 0.29) is 0 Å². The van der Waals surface area contributed by atoms with Gasteiger partial charge in [0.15, 0.2) is 0 Å². The molecule has 0 aliphatic carbocycles. The molecule has 13 heavy (non-hydrogen) atoms. The number of fused-ring (bicyclic) bond motifs is 1. The molecule has 0 aliphatic rings. The highest BCUT2D eigenvalue weighted by atomic mass is 32.1. The lowest BCUT2D eigenvalue weighted by Crippen LogP contribution is -1.77. The second-order valence-electron chi connectivity index (χ2n) is 3.41. The third-order valence-electron chi connectivity index (χ3n) is 2.56. The summed E-state index contributed by atoms with van der Waals surface area (Å²) in [6.07, 6.45) is 0. The topological polar surface area (TPSA) is 15.8 Å². The first-order valence-corrected chi connectivity index (χ1v) is 5.04. The van der Waals surface area contributed by atoms with E-state index in [9.17, 15) is 0 Å². The first-order chi connectivity index (χ1) is 6.22. The third-order valence-corrected chi connectivity index (χ3v) is 2.92. The zero-order valence-corrected chi connectivity index (χ0v) is 8.78. The van der Waals surface area contributed by atoms with Crippen molar-refractivity contribution in [3.8, 4) is 0 Å². The Kier molecular flexibility index (Phi) is 2.08. The van der Waals surface area contributed by atoms with E-state index in [2.05, 4.69) is 49.7 Å². The molecule has 0 saturated heterocycles. The fraction of sp³-hybridized carbons (Fsp3) is 0.273. The Morgan fingerprint density at radius 2 is 2.08 bits per heavy atom. The van der Waals surface area contributed by atoms with Crippen LogP contribution in [0.2, 0.25) is 0 Å². The zero-order chi connectivity index (χ0) is 9.42. The monoisotopic (exact) mass is 191 g/mol. The number of aromatic nitrogens is 1. The van der Waals surface area contributed by atoms with E-state index >= 15 is 0 Å². The standard InChI is InChI=1S/C11H13NS/c1-7-8(2)12-11-4-3-9(6-13)5-10(7)11/h3-5,12-13H,6H2,1-2H3. The van der Waals surface area contributed by atoms with E-state index in [4.69, 9.17) is 0 Å². The quantitative estimate of drug-likeness (QED) is 0.644. The molecule has 1 nitrogen and oxygen atoms in total. The molecule has 0 atom stereocenters. The molecule has 2 rings (SSSR count). The van der Waals surface area contributed by atoms with Crippen LogP contribution in [0.15, 0.2) is 18.2 Å². The second kappa shape index (κ2) is 3.11. The molecular weight excluding hydrogens is 178 g/mol. The lowest BCUT2D eigenvalue weighted by Gasteiger charge is -1.96. The van der Waals surface area contributed by atoms with Gasteiger partial charge in [-0.05, 0) is 37.1 Å². The van der Waals surface area contributed by atoms with Gasteiger partial charge in [0.2, 0.25) is 0 Å². The van der Waals surface area contributed by atoms with Crippen LogP contribution in [0.25, 0.3) is 10.9 Å².